The van der Waals surface area contributed by atoms with Crippen LogP contribution in [0, 0.1) is 21.7 Å². The Kier molecular flexibility index (Phi) is 23.5. The minimum atomic E-state index is -1.10. The van der Waals surface area contributed by atoms with Gasteiger partial charge in [0.1, 0.15) is 0 Å². The summed E-state index contributed by atoms with van der Waals surface area (Å²) >= 11 is 0. The first kappa shape index (κ1) is 46.5. The van der Waals surface area contributed by atoms with Gasteiger partial charge in [0.05, 0.1) is 23.0 Å². The summed E-state index contributed by atoms with van der Waals surface area (Å²) in [5.74, 6) is -3.81. The predicted molar refractivity (Wildman–Crippen MR) is 163 cm³/mol. The molecule has 0 heterocycles. The van der Waals surface area contributed by atoms with Gasteiger partial charge in [-0.05, 0) is 66.2 Å². The van der Waals surface area contributed by atoms with Gasteiger partial charge >= 0.3 is 49.7 Å². The number of carbonyl (C=O) groups excluding carboxylic acids is 2. The molecule has 2 atom stereocenters. The molecule has 0 rings (SSSR count). The van der Waals surface area contributed by atoms with Crippen molar-refractivity contribution in [2.75, 3.05) is 13.2 Å². The molecule has 0 aromatic rings. The van der Waals surface area contributed by atoms with E-state index in [1.165, 1.54) is 0 Å². The SMILES string of the molecule is CCCC(OCCCCC(C)(C)C(=O)O)C(C)(C)C(=O)[O-].CCCC(OCCCCC(C)(C)C(=O)O)C(C)(C)C(=O)[O-].[Ca+2]. The summed E-state index contributed by atoms with van der Waals surface area (Å²) in [6.45, 7) is 18.1. The first-order valence-corrected chi connectivity index (χ1v) is 15.2. The van der Waals surface area contributed by atoms with E-state index in [1.54, 1.807) is 55.4 Å². The average molecular weight is 643 g/mol. The number of rotatable bonds is 22. The quantitative estimate of drug-likeness (QED) is 0.129. The Morgan fingerprint density at radius 2 is 0.884 bits per heavy atom. The van der Waals surface area contributed by atoms with E-state index in [4.69, 9.17) is 19.7 Å². The molecule has 2 N–H and O–H groups in total. The van der Waals surface area contributed by atoms with E-state index < -0.39 is 45.5 Å². The normalized spacial score (nSPS) is 13.6. The molecule has 0 saturated heterocycles. The third kappa shape index (κ3) is 18.0. The summed E-state index contributed by atoms with van der Waals surface area (Å²) in [5.41, 5.74) is -3.49. The first-order chi connectivity index (χ1) is 19.1. The molecular weight excluding hydrogens is 584 g/mol. The van der Waals surface area contributed by atoms with Gasteiger partial charge in [-0.15, -0.1) is 0 Å². The monoisotopic (exact) mass is 642 g/mol. The molecule has 0 aliphatic heterocycles. The van der Waals surface area contributed by atoms with Gasteiger partial charge in [-0.1, -0.05) is 67.2 Å². The number of carboxylic acids is 4. The maximum Gasteiger partial charge on any atom is 2.00 e. The van der Waals surface area contributed by atoms with Crippen molar-refractivity contribution < 1.29 is 49.1 Å². The molecule has 10 nitrogen and oxygen atoms in total. The molecule has 0 amide bonds. The van der Waals surface area contributed by atoms with Crippen molar-refractivity contribution in [1.82, 2.24) is 0 Å². The molecule has 0 fully saturated rings. The summed E-state index contributed by atoms with van der Waals surface area (Å²) < 4.78 is 11.4. The Balaban J connectivity index is -0.000000727. The number of hydrogen-bond donors (Lipinski definition) is 2. The number of hydrogen-bond acceptors (Lipinski definition) is 8. The number of carboxylic acid groups (broad SMARTS) is 4. The zero-order valence-corrected chi connectivity index (χ0v) is 30.7. The van der Waals surface area contributed by atoms with E-state index in [9.17, 15) is 29.4 Å². The first-order valence-electron chi connectivity index (χ1n) is 15.2. The van der Waals surface area contributed by atoms with Crippen LogP contribution in [-0.2, 0) is 28.7 Å². The Hall–Kier alpha value is -0.940. The molecule has 0 aromatic heterocycles. The van der Waals surface area contributed by atoms with Crippen molar-refractivity contribution in [3.05, 3.63) is 0 Å². The minimum absolute atomic E-state index is 0. The van der Waals surface area contributed by atoms with Crippen LogP contribution in [0.1, 0.15) is 133 Å². The third-order valence-electron chi connectivity index (χ3n) is 7.95. The molecule has 0 spiro atoms. The second kappa shape index (κ2) is 21.7. The molecule has 0 aliphatic carbocycles. The van der Waals surface area contributed by atoms with Gasteiger partial charge in [0.15, 0.2) is 0 Å². The van der Waals surface area contributed by atoms with Gasteiger partial charge in [0, 0.05) is 36.0 Å². The van der Waals surface area contributed by atoms with Crippen LogP contribution in [0.15, 0.2) is 0 Å². The zero-order valence-electron chi connectivity index (χ0n) is 28.5. The molecule has 43 heavy (non-hydrogen) atoms. The van der Waals surface area contributed by atoms with E-state index >= 15 is 0 Å². The Labute approximate surface area is 289 Å². The molecule has 0 aromatic carbocycles. The van der Waals surface area contributed by atoms with Crippen LogP contribution in [0.2, 0.25) is 0 Å². The standard InChI is InChI=1S/2C16H30O5.Ca/c2*1-6-9-12(16(4,5)14(19)20)21-11-8-7-10-15(2,3)13(17)18;/h2*12H,6-11H2,1-5H3,(H,17,18)(H,19,20);/q;;+2/p-2. The fourth-order valence-electron chi connectivity index (χ4n) is 4.10. The molecule has 248 valence electrons. The van der Waals surface area contributed by atoms with Crippen LogP contribution in [0.25, 0.3) is 0 Å². The van der Waals surface area contributed by atoms with Gasteiger partial charge < -0.3 is 39.5 Å². The van der Waals surface area contributed by atoms with Crippen LogP contribution in [-0.4, -0.2) is 97.3 Å². The molecule has 0 bridgehead atoms. The molecule has 2 unspecified atom stereocenters. The molecule has 0 radical (unpaired) electrons. The Morgan fingerprint density at radius 3 is 1.09 bits per heavy atom. The fourth-order valence-corrected chi connectivity index (χ4v) is 4.10. The summed E-state index contributed by atoms with van der Waals surface area (Å²) in [6.07, 6.45) is 6.35. The van der Waals surface area contributed by atoms with E-state index in [-0.39, 0.29) is 49.9 Å². The summed E-state index contributed by atoms with van der Waals surface area (Å²) in [7, 11) is 0. The topological polar surface area (TPSA) is 173 Å². The van der Waals surface area contributed by atoms with Crippen molar-refractivity contribution >= 4 is 61.6 Å². The second-order valence-electron chi connectivity index (χ2n) is 13.6. The minimum Gasteiger partial charge on any atom is -0.549 e. The van der Waals surface area contributed by atoms with Crippen LogP contribution in [0.5, 0.6) is 0 Å². The maximum atomic E-state index is 11.2. The molecule has 0 aliphatic rings. The van der Waals surface area contributed by atoms with Crippen LogP contribution >= 0.6 is 0 Å². The van der Waals surface area contributed by atoms with E-state index in [1.807, 2.05) is 13.8 Å². The predicted octanol–water partition coefficient (Wildman–Crippen LogP) is 4.08. The number of ether oxygens (including phenoxy) is 2. The number of aliphatic carboxylic acids is 4. The van der Waals surface area contributed by atoms with Crippen molar-refractivity contribution in [2.24, 2.45) is 21.7 Å². The molecular formula is C32H58CaO10. The summed E-state index contributed by atoms with van der Waals surface area (Å²) in [4.78, 5) is 44.3. The van der Waals surface area contributed by atoms with Gasteiger partial charge in [0.25, 0.3) is 0 Å². The largest absolute Gasteiger partial charge is 2.00 e. The smallest absolute Gasteiger partial charge is 0.549 e. The van der Waals surface area contributed by atoms with E-state index in [0.29, 0.717) is 38.9 Å². The average Bonchev–Trinajstić information content (AvgIpc) is 2.86. The Bertz CT molecular complexity index is 768. The van der Waals surface area contributed by atoms with Gasteiger partial charge in [-0.25, -0.2) is 0 Å². The van der Waals surface area contributed by atoms with Crippen molar-refractivity contribution in [1.29, 1.82) is 0 Å². The van der Waals surface area contributed by atoms with Crippen molar-refractivity contribution in [2.45, 2.75) is 146 Å². The summed E-state index contributed by atoms with van der Waals surface area (Å²) in [6, 6.07) is 0. The van der Waals surface area contributed by atoms with Gasteiger partial charge in [0.2, 0.25) is 0 Å². The zero-order chi connectivity index (χ0) is 33.4. The van der Waals surface area contributed by atoms with Crippen molar-refractivity contribution in [3.8, 4) is 0 Å². The van der Waals surface area contributed by atoms with Crippen molar-refractivity contribution in [3.63, 3.8) is 0 Å². The van der Waals surface area contributed by atoms with E-state index in [2.05, 4.69) is 0 Å². The number of carbonyl (C=O) groups is 4. The molecule has 0 saturated carbocycles. The Morgan fingerprint density at radius 1 is 0.605 bits per heavy atom. The summed E-state index contributed by atoms with van der Waals surface area (Å²) in [5, 5.41) is 40.4. The second-order valence-corrected chi connectivity index (χ2v) is 13.6. The van der Waals surface area contributed by atoms with Crippen LogP contribution in [0.3, 0.4) is 0 Å². The van der Waals surface area contributed by atoms with Gasteiger partial charge in [-0.3, -0.25) is 9.59 Å². The molecule has 11 heteroatoms. The third-order valence-corrected chi connectivity index (χ3v) is 7.95. The number of unbranched alkanes of at least 4 members (excludes halogenated alkanes) is 2. The fraction of sp³-hybridized carbons (Fsp3) is 0.875. The van der Waals surface area contributed by atoms with Gasteiger partial charge in [-0.2, -0.15) is 0 Å². The van der Waals surface area contributed by atoms with Crippen LogP contribution in [0.4, 0.5) is 0 Å². The van der Waals surface area contributed by atoms with E-state index in [0.717, 1.165) is 38.5 Å². The van der Waals surface area contributed by atoms with Crippen LogP contribution < -0.4 is 10.2 Å². The maximum absolute atomic E-state index is 11.2.